The molecule has 3 N–H and O–H groups in total. The minimum absolute atomic E-state index is 0.0468. The van der Waals surface area contributed by atoms with Crippen molar-refractivity contribution in [2.45, 2.75) is 26.5 Å². The lowest BCUT2D eigenvalue weighted by atomic mass is 10.3. The molecule has 0 fully saturated rings. The Hall–Kier alpha value is -1.33. The van der Waals surface area contributed by atoms with Crippen molar-refractivity contribution in [3.8, 4) is 0 Å². The van der Waals surface area contributed by atoms with E-state index in [-0.39, 0.29) is 12.5 Å². The van der Waals surface area contributed by atoms with Gasteiger partial charge < -0.3 is 20.2 Å². The number of rotatable bonds is 7. The van der Waals surface area contributed by atoms with Crippen LogP contribution >= 0.6 is 0 Å². The van der Waals surface area contributed by atoms with E-state index in [1.807, 2.05) is 13.0 Å². The number of hydrogen-bond donors (Lipinski definition) is 3. The standard InChI is InChI=1S/C11H18N2O3/c1-2-13-11(15)5-6-12-7-9-3-4-10(8-14)16-9/h3-4,12,14H,2,5-8H2,1H3,(H,13,15). The van der Waals surface area contributed by atoms with E-state index in [2.05, 4.69) is 10.6 Å². The summed E-state index contributed by atoms with van der Waals surface area (Å²) in [6.07, 6.45) is 0.460. The van der Waals surface area contributed by atoms with Crippen molar-refractivity contribution in [1.29, 1.82) is 0 Å². The molecule has 16 heavy (non-hydrogen) atoms. The quantitative estimate of drug-likeness (QED) is 0.588. The number of nitrogens with one attached hydrogen (secondary N) is 2. The Kier molecular flexibility index (Phi) is 5.60. The van der Waals surface area contributed by atoms with E-state index in [0.717, 1.165) is 5.76 Å². The Morgan fingerprint density at radius 3 is 2.81 bits per heavy atom. The van der Waals surface area contributed by atoms with Gasteiger partial charge in [0.15, 0.2) is 0 Å². The van der Waals surface area contributed by atoms with E-state index in [0.29, 0.717) is 31.8 Å². The van der Waals surface area contributed by atoms with Crippen LogP contribution < -0.4 is 10.6 Å². The molecule has 0 aliphatic rings. The van der Waals surface area contributed by atoms with Gasteiger partial charge in [-0.05, 0) is 19.1 Å². The summed E-state index contributed by atoms with van der Waals surface area (Å²) in [5, 5.41) is 14.6. The van der Waals surface area contributed by atoms with Gasteiger partial charge in [-0.3, -0.25) is 4.79 Å². The third-order valence-corrected chi connectivity index (χ3v) is 2.08. The number of carbonyl (C=O) groups excluding carboxylic acids is 1. The van der Waals surface area contributed by atoms with Gasteiger partial charge in [0.2, 0.25) is 5.91 Å². The van der Waals surface area contributed by atoms with Gasteiger partial charge in [0.1, 0.15) is 18.1 Å². The van der Waals surface area contributed by atoms with Gasteiger partial charge in [-0.1, -0.05) is 0 Å². The van der Waals surface area contributed by atoms with E-state index >= 15 is 0 Å². The maximum Gasteiger partial charge on any atom is 0.221 e. The lowest BCUT2D eigenvalue weighted by Crippen LogP contribution is -2.27. The van der Waals surface area contributed by atoms with Crippen molar-refractivity contribution in [1.82, 2.24) is 10.6 Å². The zero-order valence-corrected chi connectivity index (χ0v) is 9.45. The summed E-state index contributed by atoms with van der Waals surface area (Å²) >= 11 is 0. The van der Waals surface area contributed by atoms with Gasteiger partial charge in [-0.15, -0.1) is 0 Å². The number of carbonyl (C=O) groups is 1. The highest BCUT2D eigenvalue weighted by molar-refractivity contribution is 5.75. The molecule has 5 heteroatoms. The Morgan fingerprint density at radius 1 is 1.44 bits per heavy atom. The molecule has 0 saturated heterocycles. The largest absolute Gasteiger partial charge is 0.462 e. The lowest BCUT2D eigenvalue weighted by molar-refractivity contribution is -0.120. The first kappa shape index (κ1) is 12.7. The molecule has 0 saturated carbocycles. The van der Waals surface area contributed by atoms with Crippen LogP contribution in [0, 0.1) is 0 Å². The van der Waals surface area contributed by atoms with Crippen molar-refractivity contribution >= 4 is 5.91 Å². The summed E-state index contributed by atoms with van der Waals surface area (Å²) < 4.78 is 5.27. The van der Waals surface area contributed by atoms with Gasteiger partial charge in [0.05, 0.1) is 6.54 Å². The summed E-state index contributed by atoms with van der Waals surface area (Å²) in [6.45, 7) is 3.65. The molecule has 0 radical (unpaired) electrons. The second kappa shape index (κ2) is 7.03. The van der Waals surface area contributed by atoms with Crippen LogP contribution in [0.2, 0.25) is 0 Å². The number of amides is 1. The molecule has 0 aromatic carbocycles. The van der Waals surface area contributed by atoms with Crippen LogP contribution in [0.1, 0.15) is 24.9 Å². The third kappa shape index (κ3) is 4.46. The molecule has 1 aromatic heterocycles. The molecule has 90 valence electrons. The van der Waals surface area contributed by atoms with E-state index in [9.17, 15) is 4.79 Å². The normalized spacial score (nSPS) is 10.4. The fourth-order valence-corrected chi connectivity index (χ4v) is 1.30. The molecule has 5 nitrogen and oxygen atoms in total. The van der Waals surface area contributed by atoms with Crippen molar-refractivity contribution in [2.75, 3.05) is 13.1 Å². The van der Waals surface area contributed by atoms with Crippen LogP contribution in [0.4, 0.5) is 0 Å². The molecular weight excluding hydrogens is 208 g/mol. The van der Waals surface area contributed by atoms with E-state index in [1.54, 1.807) is 6.07 Å². The molecule has 0 bridgehead atoms. The first-order valence-corrected chi connectivity index (χ1v) is 5.42. The molecule has 0 spiro atoms. The predicted molar refractivity (Wildman–Crippen MR) is 59.6 cm³/mol. The van der Waals surface area contributed by atoms with Crippen LogP contribution in [0.15, 0.2) is 16.5 Å². The highest BCUT2D eigenvalue weighted by atomic mass is 16.4. The summed E-state index contributed by atoms with van der Waals surface area (Å²) in [5.74, 6) is 1.37. The molecule has 0 aliphatic heterocycles. The minimum atomic E-state index is -0.0844. The summed E-state index contributed by atoms with van der Waals surface area (Å²) in [7, 11) is 0. The minimum Gasteiger partial charge on any atom is -0.462 e. The van der Waals surface area contributed by atoms with Crippen LogP contribution in [0.25, 0.3) is 0 Å². The second-order valence-corrected chi connectivity index (χ2v) is 3.41. The fourth-order valence-electron chi connectivity index (χ4n) is 1.30. The Balaban J connectivity index is 2.13. The van der Waals surface area contributed by atoms with Gasteiger partial charge >= 0.3 is 0 Å². The zero-order chi connectivity index (χ0) is 11.8. The SMILES string of the molecule is CCNC(=O)CCNCc1ccc(CO)o1. The molecule has 0 aliphatic carbocycles. The molecule has 0 atom stereocenters. The first-order chi connectivity index (χ1) is 7.76. The van der Waals surface area contributed by atoms with E-state index < -0.39 is 0 Å². The van der Waals surface area contributed by atoms with Crippen molar-refractivity contribution < 1.29 is 14.3 Å². The molecule has 1 heterocycles. The van der Waals surface area contributed by atoms with E-state index in [1.165, 1.54) is 0 Å². The molecular formula is C11H18N2O3. The Bertz CT molecular complexity index is 323. The molecule has 0 unspecified atom stereocenters. The van der Waals surface area contributed by atoms with E-state index in [4.69, 9.17) is 9.52 Å². The van der Waals surface area contributed by atoms with Gasteiger partial charge in [0, 0.05) is 19.5 Å². The first-order valence-electron chi connectivity index (χ1n) is 5.42. The highest BCUT2D eigenvalue weighted by Gasteiger charge is 2.01. The highest BCUT2D eigenvalue weighted by Crippen LogP contribution is 2.06. The fraction of sp³-hybridized carbons (Fsp3) is 0.545. The van der Waals surface area contributed by atoms with Gasteiger partial charge in [-0.2, -0.15) is 0 Å². The van der Waals surface area contributed by atoms with Crippen LogP contribution in [0.5, 0.6) is 0 Å². The number of aliphatic hydroxyl groups is 1. The predicted octanol–water partition coefficient (Wildman–Crippen LogP) is 0.388. The van der Waals surface area contributed by atoms with Crippen LogP contribution in [-0.4, -0.2) is 24.1 Å². The smallest absolute Gasteiger partial charge is 0.221 e. The number of aliphatic hydroxyl groups excluding tert-OH is 1. The summed E-state index contributed by atoms with van der Waals surface area (Å²) in [6, 6.07) is 3.55. The molecule has 1 aromatic rings. The Labute approximate surface area is 94.8 Å². The zero-order valence-electron chi connectivity index (χ0n) is 9.45. The maximum absolute atomic E-state index is 11.1. The molecule has 1 rings (SSSR count). The number of hydrogen-bond acceptors (Lipinski definition) is 4. The van der Waals surface area contributed by atoms with Crippen LogP contribution in [0.3, 0.4) is 0 Å². The van der Waals surface area contributed by atoms with Gasteiger partial charge in [-0.25, -0.2) is 0 Å². The van der Waals surface area contributed by atoms with Crippen molar-refractivity contribution in [2.24, 2.45) is 0 Å². The number of furan rings is 1. The van der Waals surface area contributed by atoms with Crippen molar-refractivity contribution in [3.05, 3.63) is 23.7 Å². The average molecular weight is 226 g/mol. The van der Waals surface area contributed by atoms with Crippen molar-refractivity contribution in [3.63, 3.8) is 0 Å². The average Bonchev–Trinajstić information content (AvgIpc) is 2.73. The molecule has 1 amide bonds. The topological polar surface area (TPSA) is 74.5 Å². The maximum atomic E-state index is 11.1. The van der Waals surface area contributed by atoms with Crippen LogP contribution in [-0.2, 0) is 17.9 Å². The monoisotopic (exact) mass is 226 g/mol. The Morgan fingerprint density at radius 2 is 2.19 bits per heavy atom. The summed E-state index contributed by atoms with van der Waals surface area (Å²) in [5.41, 5.74) is 0. The lowest BCUT2D eigenvalue weighted by Gasteiger charge is -2.03. The second-order valence-electron chi connectivity index (χ2n) is 3.41. The van der Waals surface area contributed by atoms with Gasteiger partial charge in [0.25, 0.3) is 0 Å². The summed E-state index contributed by atoms with van der Waals surface area (Å²) in [4.78, 5) is 11.1. The third-order valence-electron chi connectivity index (χ3n) is 2.08.